The molecular weight excluding hydrogens is 374 g/mol. The summed E-state index contributed by atoms with van der Waals surface area (Å²) in [7, 11) is 0. The highest BCUT2D eigenvalue weighted by Gasteiger charge is 2.48. The Hall–Kier alpha value is -2.34. The summed E-state index contributed by atoms with van der Waals surface area (Å²) < 4.78 is 0. The Kier molecular flexibility index (Phi) is 4.55. The number of amides is 1. The number of pyridine rings is 1. The van der Waals surface area contributed by atoms with Gasteiger partial charge in [-0.15, -0.1) is 0 Å². The van der Waals surface area contributed by atoms with Crippen LogP contribution in [0.2, 0.25) is 0 Å². The molecule has 6 rings (SSSR count). The van der Waals surface area contributed by atoms with Gasteiger partial charge < -0.3 is 4.90 Å². The molecule has 2 bridgehead atoms. The SMILES string of the molecule is O=C(c1cnc(-c2ccccn2)nc1)N1C[C@@H]2C[C@H](C1)[C@@H]1CCC[C@H](C3CC3)N1C2. The molecule has 4 atom stereocenters. The van der Waals surface area contributed by atoms with E-state index in [1.54, 1.807) is 18.6 Å². The van der Waals surface area contributed by atoms with Gasteiger partial charge in [0.2, 0.25) is 0 Å². The van der Waals surface area contributed by atoms with Crippen LogP contribution >= 0.6 is 0 Å². The van der Waals surface area contributed by atoms with Gasteiger partial charge in [0.05, 0.1) is 5.56 Å². The summed E-state index contributed by atoms with van der Waals surface area (Å²) in [4.78, 5) is 31.3. The number of rotatable bonds is 3. The van der Waals surface area contributed by atoms with Crippen LogP contribution in [0.1, 0.15) is 48.9 Å². The van der Waals surface area contributed by atoms with E-state index in [1.165, 1.54) is 45.1 Å². The Morgan fingerprint density at radius 1 is 0.900 bits per heavy atom. The van der Waals surface area contributed by atoms with Crippen molar-refractivity contribution < 1.29 is 4.79 Å². The van der Waals surface area contributed by atoms with Crippen molar-refractivity contribution in [3.8, 4) is 11.5 Å². The summed E-state index contributed by atoms with van der Waals surface area (Å²) in [5, 5.41) is 0. The molecule has 4 fully saturated rings. The minimum absolute atomic E-state index is 0.0836. The zero-order valence-electron chi connectivity index (χ0n) is 17.4. The van der Waals surface area contributed by atoms with Crippen molar-refractivity contribution >= 4 is 5.91 Å². The van der Waals surface area contributed by atoms with Crippen LogP contribution in [0.3, 0.4) is 0 Å². The Morgan fingerprint density at radius 3 is 2.43 bits per heavy atom. The normalized spacial score (nSPS) is 31.3. The number of piperidine rings is 3. The van der Waals surface area contributed by atoms with Crippen molar-refractivity contribution in [2.75, 3.05) is 19.6 Å². The van der Waals surface area contributed by atoms with Crippen molar-refractivity contribution in [3.63, 3.8) is 0 Å². The van der Waals surface area contributed by atoms with Gasteiger partial charge in [-0.25, -0.2) is 9.97 Å². The molecule has 6 nitrogen and oxygen atoms in total. The zero-order valence-corrected chi connectivity index (χ0v) is 17.4. The van der Waals surface area contributed by atoms with Gasteiger partial charge in [-0.2, -0.15) is 0 Å². The quantitative estimate of drug-likeness (QED) is 0.787. The summed E-state index contributed by atoms with van der Waals surface area (Å²) >= 11 is 0. The summed E-state index contributed by atoms with van der Waals surface area (Å²) in [5.41, 5.74) is 1.32. The second-order valence-corrected chi connectivity index (χ2v) is 9.68. The molecule has 0 N–H and O–H groups in total. The summed E-state index contributed by atoms with van der Waals surface area (Å²) in [6.07, 6.45) is 13.3. The molecule has 3 aliphatic heterocycles. The van der Waals surface area contributed by atoms with Crippen molar-refractivity contribution in [2.24, 2.45) is 17.8 Å². The standard InChI is InChI=1S/C24H29N5O/c30-24(19-11-26-23(27-12-19)20-4-1-2-9-25-20)28-13-16-10-18(15-28)22-6-3-5-21(17-7-8-17)29(22)14-16/h1-2,4,9,11-12,16-18,21-22H,3,5-8,10,13-15H2/t16-,18+,21+,22-/m0/s1. The van der Waals surface area contributed by atoms with E-state index in [0.29, 0.717) is 29.3 Å². The van der Waals surface area contributed by atoms with E-state index in [9.17, 15) is 4.79 Å². The molecule has 156 valence electrons. The number of likely N-dealkylation sites (tertiary alicyclic amines) is 1. The van der Waals surface area contributed by atoms with Gasteiger partial charge in [0.1, 0.15) is 5.69 Å². The summed E-state index contributed by atoms with van der Waals surface area (Å²) in [5.74, 6) is 2.83. The van der Waals surface area contributed by atoms with Crippen LogP contribution in [-0.4, -0.2) is 62.4 Å². The van der Waals surface area contributed by atoms with Crippen LogP contribution in [0.4, 0.5) is 0 Å². The van der Waals surface area contributed by atoms with Gasteiger partial charge in [0.15, 0.2) is 5.82 Å². The first-order chi connectivity index (χ1) is 14.8. The Morgan fingerprint density at radius 2 is 1.70 bits per heavy atom. The second-order valence-electron chi connectivity index (χ2n) is 9.68. The Labute approximate surface area is 177 Å². The lowest BCUT2D eigenvalue weighted by atomic mass is 9.74. The molecule has 4 aliphatic rings. The van der Waals surface area contributed by atoms with Crippen LogP contribution in [-0.2, 0) is 0 Å². The van der Waals surface area contributed by atoms with E-state index >= 15 is 0 Å². The summed E-state index contributed by atoms with van der Waals surface area (Å²) in [6, 6.07) is 7.17. The first-order valence-corrected chi connectivity index (χ1v) is 11.5. The molecule has 5 heterocycles. The smallest absolute Gasteiger partial charge is 0.257 e. The molecule has 0 spiro atoms. The van der Waals surface area contributed by atoms with Crippen LogP contribution in [0.5, 0.6) is 0 Å². The minimum atomic E-state index is 0.0836. The van der Waals surface area contributed by atoms with E-state index in [2.05, 4.69) is 24.8 Å². The van der Waals surface area contributed by atoms with Gasteiger partial charge in [-0.3, -0.25) is 14.7 Å². The number of fused-ring (bicyclic) bond motifs is 4. The molecule has 0 radical (unpaired) electrons. The lowest BCUT2D eigenvalue weighted by Crippen LogP contribution is -2.62. The molecular formula is C24H29N5O. The maximum Gasteiger partial charge on any atom is 0.257 e. The molecule has 0 unspecified atom stereocenters. The number of hydrogen-bond donors (Lipinski definition) is 0. The van der Waals surface area contributed by atoms with Crippen molar-refractivity contribution in [1.82, 2.24) is 24.8 Å². The number of hydrogen-bond acceptors (Lipinski definition) is 5. The van der Waals surface area contributed by atoms with Gasteiger partial charge in [0.25, 0.3) is 5.91 Å². The van der Waals surface area contributed by atoms with Crippen molar-refractivity contribution in [3.05, 3.63) is 42.4 Å². The largest absolute Gasteiger partial charge is 0.338 e. The average molecular weight is 404 g/mol. The predicted molar refractivity (Wildman–Crippen MR) is 114 cm³/mol. The van der Waals surface area contributed by atoms with E-state index in [0.717, 1.165) is 30.7 Å². The highest BCUT2D eigenvalue weighted by atomic mass is 16.2. The van der Waals surface area contributed by atoms with Gasteiger partial charge in [-0.05, 0) is 62.0 Å². The molecule has 30 heavy (non-hydrogen) atoms. The topological polar surface area (TPSA) is 62.2 Å². The highest BCUT2D eigenvalue weighted by Crippen LogP contribution is 2.46. The fourth-order valence-electron chi connectivity index (χ4n) is 6.25. The van der Waals surface area contributed by atoms with E-state index in [1.807, 2.05) is 18.2 Å². The van der Waals surface area contributed by atoms with Crippen molar-refractivity contribution in [1.29, 1.82) is 0 Å². The third-order valence-electron chi connectivity index (χ3n) is 7.68. The van der Waals surface area contributed by atoms with Crippen molar-refractivity contribution in [2.45, 2.75) is 50.6 Å². The average Bonchev–Trinajstić information content (AvgIpc) is 3.64. The van der Waals surface area contributed by atoms with Crippen LogP contribution in [0, 0.1) is 17.8 Å². The molecule has 3 saturated heterocycles. The Bertz CT molecular complexity index is 913. The van der Waals surface area contributed by atoms with E-state index < -0.39 is 0 Å². The zero-order chi connectivity index (χ0) is 20.1. The first kappa shape index (κ1) is 18.4. The molecule has 0 aromatic carbocycles. The second kappa shape index (κ2) is 7.41. The number of nitrogens with zero attached hydrogens (tertiary/aromatic N) is 5. The van der Waals surface area contributed by atoms with Crippen LogP contribution in [0.25, 0.3) is 11.5 Å². The highest BCUT2D eigenvalue weighted by molar-refractivity contribution is 5.93. The van der Waals surface area contributed by atoms with Gasteiger partial charge in [0, 0.05) is 50.3 Å². The third-order valence-corrected chi connectivity index (χ3v) is 7.68. The number of carbonyl (C=O) groups excluding carboxylic acids is 1. The van der Waals surface area contributed by atoms with Gasteiger partial charge in [-0.1, -0.05) is 12.5 Å². The fourth-order valence-corrected chi connectivity index (χ4v) is 6.25. The van der Waals surface area contributed by atoms with Crippen LogP contribution in [0.15, 0.2) is 36.8 Å². The molecule has 1 amide bonds. The molecule has 2 aromatic rings. The first-order valence-electron chi connectivity index (χ1n) is 11.5. The van der Waals surface area contributed by atoms with Crippen LogP contribution < -0.4 is 0 Å². The third kappa shape index (κ3) is 3.31. The molecule has 2 aromatic heterocycles. The van der Waals surface area contributed by atoms with E-state index in [-0.39, 0.29) is 5.91 Å². The molecule has 6 heteroatoms. The molecule has 1 aliphatic carbocycles. The monoisotopic (exact) mass is 403 g/mol. The number of aromatic nitrogens is 3. The fraction of sp³-hybridized carbons (Fsp3) is 0.583. The number of carbonyl (C=O) groups is 1. The Balaban J connectivity index is 1.17. The predicted octanol–water partition coefficient (Wildman–Crippen LogP) is 3.26. The lowest BCUT2D eigenvalue weighted by Gasteiger charge is -2.55. The summed E-state index contributed by atoms with van der Waals surface area (Å²) in [6.45, 7) is 2.94. The maximum atomic E-state index is 13.2. The lowest BCUT2D eigenvalue weighted by molar-refractivity contribution is -0.0551. The minimum Gasteiger partial charge on any atom is -0.338 e. The van der Waals surface area contributed by atoms with E-state index in [4.69, 9.17) is 0 Å². The van der Waals surface area contributed by atoms with Gasteiger partial charge >= 0.3 is 0 Å². The molecule has 1 saturated carbocycles. The maximum absolute atomic E-state index is 13.2.